The standard InChI is InChI=1S/C14H19N3O3/c1-9(2)8-16(10-3-4-10)14(18)12-7-11(17(19)20)5-6-13(12)15/h5-7,9-10H,3-4,8,15H2,1-2H3. The number of nitro benzene ring substituents is 1. The molecule has 1 fully saturated rings. The van der Waals surface area contributed by atoms with Crippen molar-refractivity contribution in [2.75, 3.05) is 12.3 Å². The zero-order valence-electron chi connectivity index (χ0n) is 11.7. The third kappa shape index (κ3) is 3.07. The molecule has 6 heteroatoms. The average molecular weight is 277 g/mol. The third-order valence-electron chi connectivity index (χ3n) is 3.29. The highest BCUT2D eigenvalue weighted by molar-refractivity contribution is 6.00. The molecule has 2 rings (SSSR count). The molecule has 2 N–H and O–H groups in total. The largest absolute Gasteiger partial charge is 0.398 e. The fraction of sp³-hybridized carbons (Fsp3) is 0.500. The van der Waals surface area contributed by atoms with E-state index in [4.69, 9.17) is 5.73 Å². The second-order valence-corrected chi connectivity index (χ2v) is 5.61. The Kier molecular flexibility index (Phi) is 3.92. The van der Waals surface area contributed by atoms with Gasteiger partial charge in [-0.3, -0.25) is 14.9 Å². The van der Waals surface area contributed by atoms with Crippen LogP contribution in [0.1, 0.15) is 37.0 Å². The quantitative estimate of drug-likeness (QED) is 0.508. The molecule has 1 amide bonds. The summed E-state index contributed by atoms with van der Waals surface area (Å²) in [5.74, 6) is 0.141. The smallest absolute Gasteiger partial charge is 0.270 e. The van der Waals surface area contributed by atoms with Gasteiger partial charge in [-0.25, -0.2) is 0 Å². The summed E-state index contributed by atoms with van der Waals surface area (Å²) in [6.45, 7) is 4.73. The van der Waals surface area contributed by atoms with Crippen molar-refractivity contribution < 1.29 is 9.72 Å². The zero-order chi connectivity index (χ0) is 14.9. The van der Waals surface area contributed by atoms with Crippen LogP contribution in [0, 0.1) is 16.0 Å². The van der Waals surface area contributed by atoms with Crippen molar-refractivity contribution in [2.24, 2.45) is 5.92 Å². The van der Waals surface area contributed by atoms with E-state index in [1.54, 1.807) is 4.90 Å². The number of nitrogens with two attached hydrogens (primary N) is 1. The SMILES string of the molecule is CC(C)CN(C(=O)c1cc([N+](=O)[O-])ccc1N)C1CC1. The summed E-state index contributed by atoms with van der Waals surface area (Å²) in [5, 5.41) is 10.8. The first kappa shape index (κ1) is 14.3. The Morgan fingerprint density at radius 3 is 2.65 bits per heavy atom. The number of nitro groups is 1. The molecule has 0 atom stereocenters. The normalized spacial score (nSPS) is 14.3. The fourth-order valence-electron chi connectivity index (χ4n) is 2.18. The molecule has 0 bridgehead atoms. The Balaban J connectivity index is 2.30. The minimum Gasteiger partial charge on any atom is -0.398 e. The number of hydrogen-bond acceptors (Lipinski definition) is 4. The molecular weight excluding hydrogens is 258 g/mol. The summed E-state index contributed by atoms with van der Waals surface area (Å²) >= 11 is 0. The van der Waals surface area contributed by atoms with E-state index < -0.39 is 4.92 Å². The van der Waals surface area contributed by atoms with Crippen molar-refractivity contribution in [3.05, 3.63) is 33.9 Å². The van der Waals surface area contributed by atoms with Gasteiger partial charge in [0.05, 0.1) is 10.5 Å². The number of nitrogen functional groups attached to an aromatic ring is 1. The first-order chi connectivity index (χ1) is 9.40. The van der Waals surface area contributed by atoms with E-state index in [9.17, 15) is 14.9 Å². The number of carbonyl (C=O) groups is 1. The Morgan fingerprint density at radius 1 is 1.50 bits per heavy atom. The molecule has 0 saturated heterocycles. The van der Waals surface area contributed by atoms with Gasteiger partial charge >= 0.3 is 0 Å². The van der Waals surface area contributed by atoms with Crippen molar-refractivity contribution in [3.8, 4) is 0 Å². The number of rotatable bonds is 5. The van der Waals surface area contributed by atoms with E-state index in [-0.39, 0.29) is 28.9 Å². The van der Waals surface area contributed by atoms with E-state index in [0.717, 1.165) is 12.8 Å². The lowest BCUT2D eigenvalue weighted by Crippen LogP contribution is -2.36. The van der Waals surface area contributed by atoms with Gasteiger partial charge in [-0.05, 0) is 24.8 Å². The highest BCUT2D eigenvalue weighted by Crippen LogP contribution is 2.31. The van der Waals surface area contributed by atoms with Crippen LogP contribution in [0.15, 0.2) is 18.2 Å². The van der Waals surface area contributed by atoms with Crippen LogP contribution in [0.25, 0.3) is 0 Å². The Labute approximate surface area is 117 Å². The van der Waals surface area contributed by atoms with Crippen LogP contribution in [0.2, 0.25) is 0 Å². The van der Waals surface area contributed by atoms with Crippen LogP contribution < -0.4 is 5.73 Å². The number of anilines is 1. The lowest BCUT2D eigenvalue weighted by molar-refractivity contribution is -0.384. The summed E-state index contributed by atoms with van der Waals surface area (Å²) in [7, 11) is 0. The number of hydrogen-bond donors (Lipinski definition) is 1. The molecule has 0 heterocycles. The van der Waals surface area contributed by atoms with Gasteiger partial charge in [0.2, 0.25) is 0 Å². The molecule has 1 aromatic rings. The van der Waals surface area contributed by atoms with Crippen molar-refractivity contribution in [1.29, 1.82) is 0 Å². The van der Waals surface area contributed by atoms with Gasteiger partial charge < -0.3 is 10.6 Å². The van der Waals surface area contributed by atoms with E-state index in [0.29, 0.717) is 12.5 Å². The van der Waals surface area contributed by atoms with Gasteiger partial charge in [-0.2, -0.15) is 0 Å². The second-order valence-electron chi connectivity index (χ2n) is 5.61. The average Bonchev–Trinajstić information content (AvgIpc) is 3.19. The first-order valence-electron chi connectivity index (χ1n) is 6.75. The molecule has 20 heavy (non-hydrogen) atoms. The molecule has 0 aromatic heterocycles. The predicted molar refractivity (Wildman–Crippen MR) is 76.4 cm³/mol. The van der Waals surface area contributed by atoms with Gasteiger partial charge in [0.1, 0.15) is 0 Å². The van der Waals surface area contributed by atoms with Crippen LogP contribution in [0.4, 0.5) is 11.4 Å². The van der Waals surface area contributed by atoms with Gasteiger partial charge in [-0.15, -0.1) is 0 Å². The van der Waals surface area contributed by atoms with Crippen LogP contribution in [-0.4, -0.2) is 28.3 Å². The van der Waals surface area contributed by atoms with Crippen molar-refractivity contribution >= 4 is 17.3 Å². The molecule has 108 valence electrons. The minimum absolute atomic E-state index is 0.108. The summed E-state index contributed by atoms with van der Waals surface area (Å²) in [5.41, 5.74) is 6.22. The lowest BCUT2D eigenvalue weighted by atomic mass is 10.1. The Bertz CT molecular complexity index is 538. The maximum Gasteiger partial charge on any atom is 0.270 e. The van der Waals surface area contributed by atoms with Gasteiger partial charge in [0.15, 0.2) is 0 Å². The highest BCUT2D eigenvalue weighted by Gasteiger charge is 2.34. The molecule has 0 spiro atoms. The minimum atomic E-state index is -0.514. The molecular formula is C14H19N3O3. The number of non-ortho nitro benzene ring substituents is 1. The maximum atomic E-state index is 12.6. The summed E-state index contributed by atoms with van der Waals surface area (Å²) < 4.78 is 0. The maximum absolute atomic E-state index is 12.6. The number of amides is 1. The Hall–Kier alpha value is -2.11. The zero-order valence-corrected chi connectivity index (χ0v) is 11.7. The summed E-state index contributed by atoms with van der Waals surface area (Å²) in [6, 6.07) is 4.26. The fourth-order valence-corrected chi connectivity index (χ4v) is 2.18. The molecule has 1 aliphatic carbocycles. The van der Waals surface area contributed by atoms with Gasteiger partial charge in [0.25, 0.3) is 11.6 Å². The molecule has 1 aliphatic rings. The van der Waals surface area contributed by atoms with Crippen LogP contribution in [0.3, 0.4) is 0 Å². The molecule has 0 aliphatic heterocycles. The number of nitrogens with zero attached hydrogens (tertiary/aromatic N) is 2. The highest BCUT2D eigenvalue weighted by atomic mass is 16.6. The third-order valence-corrected chi connectivity index (χ3v) is 3.29. The summed E-state index contributed by atoms with van der Waals surface area (Å²) in [4.78, 5) is 24.7. The van der Waals surface area contributed by atoms with Gasteiger partial charge in [-0.1, -0.05) is 13.8 Å². The van der Waals surface area contributed by atoms with E-state index in [1.165, 1.54) is 18.2 Å². The topological polar surface area (TPSA) is 89.5 Å². The van der Waals surface area contributed by atoms with Crippen LogP contribution in [-0.2, 0) is 0 Å². The van der Waals surface area contributed by atoms with E-state index in [1.807, 2.05) is 13.8 Å². The molecule has 0 radical (unpaired) electrons. The van der Waals surface area contributed by atoms with Crippen molar-refractivity contribution in [3.63, 3.8) is 0 Å². The van der Waals surface area contributed by atoms with Gasteiger partial charge in [0, 0.05) is 30.4 Å². The first-order valence-corrected chi connectivity index (χ1v) is 6.75. The lowest BCUT2D eigenvalue weighted by Gasteiger charge is -2.25. The summed E-state index contributed by atoms with van der Waals surface area (Å²) in [6.07, 6.45) is 1.99. The predicted octanol–water partition coefficient (Wildman–Crippen LogP) is 2.44. The molecule has 0 unspecified atom stereocenters. The molecule has 1 saturated carbocycles. The molecule has 6 nitrogen and oxygen atoms in total. The van der Waals surface area contributed by atoms with Crippen molar-refractivity contribution in [2.45, 2.75) is 32.7 Å². The van der Waals surface area contributed by atoms with E-state index >= 15 is 0 Å². The van der Waals surface area contributed by atoms with E-state index in [2.05, 4.69) is 0 Å². The second kappa shape index (κ2) is 5.48. The number of benzene rings is 1. The molecule has 1 aromatic carbocycles. The van der Waals surface area contributed by atoms with Crippen LogP contribution >= 0.6 is 0 Å². The number of carbonyl (C=O) groups excluding carboxylic acids is 1. The van der Waals surface area contributed by atoms with Crippen LogP contribution in [0.5, 0.6) is 0 Å². The van der Waals surface area contributed by atoms with Crippen molar-refractivity contribution in [1.82, 2.24) is 4.90 Å². The Morgan fingerprint density at radius 2 is 2.15 bits per heavy atom. The monoisotopic (exact) mass is 277 g/mol.